The molecule has 0 unspecified atom stereocenters. The first-order valence-electron chi connectivity index (χ1n) is 8.04. The summed E-state index contributed by atoms with van der Waals surface area (Å²) >= 11 is 9.49. The second-order valence-corrected chi connectivity index (χ2v) is 7.06. The van der Waals surface area contributed by atoms with E-state index >= 15 is 0 Å². The average molecular weight is 448 g/mol. The molecule has 0 aliphatic heterocycles. The van der Waals surface area contributed by atoms with Gasteiger partial charge in [-0.25, -0.2) is 5.43 Å². The number of carbonyl (C=O) groups excluding carboxylic acids is 1. The molecule has 3 rings (SSSR count). The number of nitrogens with one attached hydrogen (secondary N) is 1. The summed E-state index contributed by atoms with van der Waals surface area (Å²) in [6.07, 6.45) is 1.50. The summed E-state index contributed by atoms with van der Waals surface area (Å²) in [4.78, 5) is 12.3. The Morgan fingerprint density at radius 2 is 2.00 bits per heavy atom. The number of hydrogen-bond donors (Lipinski definition) is 2. The van der Waals surface area contributed by atoms with Gasteiger partial charge in [0.05, 0.1) is 19.7 Å². The van der Waals surface area contributed by atoms with Crippen molar-refractivity contribution in [3.8, 4) is 11.5 Å². The van der Waals surface area contributed by atoms with Crippen molar-refractivity contribution in [1.82, 2.24) is 5.43 Å². The number of ether oxygens (including phenoxy) is 1. The first-order valence-corrected chi connectivity index (χ1v) is 9.21. The zero-order valence-electron chi connectivity index (χ0n) is 14.4. The molecule has 0 bridgehead atoms. The Bertz CT molecular complexity index is 1040. The molecule has 0 atom stereocenters. The fourth-order valence-electron chi connectivity index (χ4n) is 2.71. The van der Waals surface area contributed by atoms with Crippen molar-refractivity contribution >= 4 is 50.4 Å². The van der Waals surface area contributed by atoms with Gasteiger partial charge in [0.2, 0.25) is 5.91 Å². The standard InChI is InChI=1S/C20H16BrClN2O3/c1-27-18-10-14(22)8-13(20(18)26)11-23-24-19(25)9-12-6-7-17(21)16-5-3-2-4-15(12)16/h2-8,10-11,26H,9H2,1H3,(H,24,25)/b23-11+. The van der Waals surface area contributed by atoms with E-state index in [1.54, 1.807) is 0 Å². The lowest BCUT2D eigenvalue weighted by molar-refractivity contribution is -0.120. The smallest absolute Gasteiger partial charge is 0.244 e. The zero-order valence-corrected chi connectivity index (χ0v) is 16.7. The molecule has 0 spiro atoms. The number of methoxy groups -OCH3 is 1. The van der Waals surface area contributed by atoms with Crippen LogP contribution in [-0.4, -0.2) is 24.3 Å². The van der Waals surface area contributed by atoms with E-state index in [4.69, 9.17) is 16.3 Å². The fraction of sp³-hybridized carbons (Fsp3) is 0.100. The third-order valence-corrected chi connectivity index (χ3v) is 4.90. The molecule has 0 aliphatic carbocycles. The monoisotopic (exact) mass is 446 g/mol. The molecule has 2 N–H and O–H groups in total. The lowest BCUT2D eigenvalue weighted by Crippen LogP contribution is -2.20. The quantitative estimate of drug-likeness (QED) is 0.441. The Labute approximate surface area is 169 Å². The molecule has 0 aromatic heterocycles. The second-order valence-electron chi connectivity index (χ2n) is 5.77. The van der Waals surface area contributed by atoms with Gasteiger partial charge in [0.15, 0.2) is 11.5 Å². The van der Waals surface area contributed by atoms with Gasteiger partial charge in [-0.15, -0.1) is 0 Å². The highest BCUT2D eigenvalue weighted by Crippen LogP contribution is 2.32. The Hall–Kier alpha value is -2.57. The third kappa shape index (κ3) is 4.40. The predicted molar refractivity (Wildman–Crippen MR) is 111 cm³/mol. The second kappa shape index (κ2) is 8.41. The van der Waals surface area contributed by atoms with E-state index in [0.717, 1.165) is 20.8 Å². The molecule has 1 amide bonds. The van der Waals surface area contributed by atoms with Crippen molar-refractivity contribution in [1.29, 1.82) is 0 Å². The van der Waals surface area contributed by atoms with Gasteiger partial charge in [-0.05, 0) is 28.5 Å². The Kier molecular flexibility index (Phi) is 5.98. The van der Waals surface area contributed by atoms with E-state index in [1.165, 1.54) is 25.5 Å². The predicted octanol–water partition coefficient (Wildman–Crippen LogP) is 4.66. The minimum Gasteiger partial charge on any atom is -0.504 e. The lowest BCUT2D eigenvalue weighted by atomic mass is 10.0. The molecule has 0 radical (unpaired) electrons. The van der Waals surface area contributed by atoms with Crippen LogP contribution in [0.25, 0.3) is 10.8 Å². The molecular weight excluding hydrogens is 432 g/mol. The highest BCUT2D eigenvalue weighted by atomic mass is 79.9. The summed E-state index contributed by atoms with van der Waals surface area (Å²) in [6.45, 7) is 0. The van der Waals surface area contributed by atoms with Crippen LogP contribution >= 0.6 is 27.5 Å². The number of carbonyl (C=O) groups is 1. The Morgan fingerprint density at radius 3 is 2.74 bits per heavy atom. The normalized spacial score (nSPS) is 11.1. The van der Waals surface area contributed by atoms with Crippen LogP contribution in [0.15, 0.2) is 58.1 Å². The number of hydrogen-bond acceptors (Lipinski definition) is 4. The maximum atomic E-state index is 12.3. The van der Waals surface area contributed by atoms with Crippen LogP contribution in [0, 0.1) is 0 Å². The number of phenolic OH excluding ortho intramolecular Hbond substituents is 1. The van der Waals surface area contributed by atoms with Crippen LogP contribution < -0.4 is 10.2 Å². The van der Waals surface area contributed by atoms with E-state index in [2.05, 4.69) is 26.5 Å². The first-order chi connectivity index (χ1) is 13.0. The highest BCUT2D eigenvalue weighted by molar-refractivity contribution is 9.10. The first kappa shape index (κ1) is 19.2. The molecule has 3 aromatic carbocycles. The maximum Gasteiger partial charge on any atom is 0.244 e. The number of halogens is 2. The van der Waals surface area contributed by atoms with Gasteiger partial charge < -0.3 is 9.84 Å². The molecule has 5 nitrogen and oxygen atoms in total. The van der Waals surface area contributed by atoms with Crippen LogP contribution in [-0.2, 0) is 11.2 Å². The largest absolute Gasteiger partial charge is 0.504 e. The number of aromatic hydroxyl groups is 1. The number of phenols is 1. The molecule has 0 saturated carbocycles. The van der Waals surface area contributed by atoms with Crippen molar-refractivity contribution in [2.45, 2.75) is 6.42 Å². The van der Waals surface area contributed by atoms with Crippen molar-refractivity contribution in [2.24, 2.45) is 5.10 Å². The summed E-state index contributed by atoms with van der Waals surface area (Å²) in [7, 11) is 1.43. The van der Waals surface area contributed by atoms with Crippen molar-refractivity contribution in [2.75, 3.05) is 7.11 Å². The number of hydrazone groups is 1. The van der Waals surface area contributed by atoms with Crippen molar-refractivity contribution in [3.05, 3.63) is 69.2 Å². The van der Waals surface area contributed by atoms with Crippen molar-refractivity contribution in [3.63, 3.8) is 0 Å². The summed E-state index contributed by atoms with van der Waals surface area (Å²) in [5, 5.41) is 16.4. The minimum absolute atomic E-state index is 0.0983. The van der Waals surface area contributed by atoms with Crippen LogP contribution in [0.4, 0.5) is 0 Å². The van der Waals surface area contributed by atoms with E-state index in [0.29, 0.717) is 10.6 Å². The van der Waals surface area contributed by atoms with E-state index in [1.807, 2.05) is 36.4 Å². The maximum absolute atomic E-state index is 12.3. The SMILES string of the molecule is COc1cc(Cl)cc(/C=N/NC(=O)Cc2ccc(Br)c3ccccc23)c1O. The van der Waals surface area contributed by atoms with Crippen LogP contribution in [0.3, 0.4) is 0 Å². The summed E-state index contributed by atoms with van der Waals surface area (Å²) < 4.78 is 6.01. The summed E-state index contributed by atoms with van der Waals surface area (Å²) in [5.41, 5.74) is 3.71. The number of benzene rings is 3. The van der Waals surface area contributed by atoms with Gasteiger partial charge >= 0.3 is 0 Å². The van der Waals surface area contributed by atoms with Gasteiger partial charge in [0.25, 0.3) is 0 Å². The van der Waals surface area contributed by atoms with E-state index in [9.17, 15) is 9.90 Å². The fourth-order valence-corrected chi connectivity index (χ4v) is 3.41. The topological polar surface area (TPSA) is 70.9 Å². The number of nitrogens with zero attached hydrogens (tertiary/aromatic N) is 1. The number of fused-ring (bicyclic) bond motifs is 1. The molecule has 27 heavy (non-hydrogen) atoms. The average Bonchev–Trinajstić information content (AvgIpc) is 2.66. The zero-order chi connectivity index (χ0) is 19.4. The molecule has 0 heterocycles. The van der Waals surface area contributed by atoms with Gasteiger partial charge in [0.1, 0.15) is 0 Å². The van der Waals surface area contributed by atoms with Crippen LogP contribution in [0.2, 0.25) is 5.02 Å². The van der Waals surface area contributed by atoms with E-state index < -0.39 is 0 Å². The Morgan fingerprint density at radius 1 is 1.26 bits per heavy atom. The summed E-state index contributed by atoms with van der Waals surface area (Å²) in [6, 6.07) is 14.7. The molecular formula is C20H16BrClN2O3. The van der Waals surface area contributed by atoms with Crippen LogP contribution in [0.5, 0.6) is 11.5 Å². The molecule has 0 fully saturated rings. The lowest BCUT2D eigenvalue weighted by Gasteiger charge is -2.08. The van der Waals surface area contributed by atoms with Crippen LogP contribution in [0.1, 0.15) is 11.1 Å². The van der Waals surface area contributed by atoms with Gasteiger partial charge in [0, 0.05) is 21.1 Å². The molecule has 0 saturated heterocycles. The number of rotatable bonds is 5. The van der Waals surface area contributed by atoms with Gasteiger partial charge in [-0.3, -0.25) is 4.79 Å². The van der Waals surface area contributed by atoms with Gasteiger partial charge in [-0.2, -0.15) is 5.10 Å². The molecule has 138 valence electrons. The Balaban J connectivity index is 1.74. The third-order valence-electron chi connectivity index (χ3n) is 3.99. The summed E-state index contributed by atoms with van der Waals surface area (Å²) in [5.74, 6) is -0.136. The van der Waals surface area contributed by atoms with Crippen molar-refractivity contribution < 1.29 is 14.6 Å². The van der Waals surface area contributed by atoms with E-state index in [-0.39, 0.29) is 23.8 Å². The molecule has 0 aliphatic rings. The highest BCUT2D eigenvalue weighted by Gasteiger charge is 2.10. The molecule has 3 aromatic rings. The number of amides is 1. The minimum atomic E-state index is -0.271. The molecule has 7 heteroatoms. The van der Waals surface area contributed by atoms with Gasteiger partial charge in [-0.1, -0.05) is 57.9 Å².